The van der Waals surface area contributed by atoms with Crippen LogP contribution in [0.15, 0.2) is 67.5 Å². The highest BCUT2D eigenvalue weighted by Crippen LogP contribution is 2.26. The van der Waals surface area contributed by atoms with E-state index in [1.54, 1.807) is 18.3 Å². The molecule has 10 nitrogen and oxygen atoms in total. The van der Waals surface area contributed by atoms with Crippen LogP contribution in [0.1, 0.15) is 17.1 Å². The van der Waals surface area contributed by atoms with Gasteiger partial charge in [0.25, 0.3) is 0 Å². The summed E-state index contributed by atoms with van der Waals surface area (Å²) in [5.74, 6) is -3.83. The van der Waals surface area contributed by atoms with E-state index in [1.165, 1.54) is 53.9 Å². The first-order chi connectivity index (χ1) is 16.8. The average Bonchev–Trinajstić information content (AvgIpc) is 3.40. The Morgan fingerprint density at radius 2 is 1.97 bits per heavy atom. The summed E-state index contributed by atoms with van der Waals surface area (Å²) >= 11 is 6.16. The van der Waals surface area contributed by atoms with E-state index >= 15 is 0 Å². The van der Waals surface area contributed by atoms with E-state index in [4.69, 9.17) is 11.6 Å². The number of aromatic nitrogens is 6. The molecule has 0 saturated heterocycles. The molecule has 13 heteroatoms. The van der Waals surface area contributed by atoms with Crippen molar-refractivity contribution < 1.29 is 23.5 Å². The molecule has 0 aliphatic heterocycles. The molecule has 0 bridgehead atoms. The Kier molecular flexibility index (Phi) is 7.11. The van der Waals surface area contributed by atoms with Crippen molar-refractivity contribution in [1.29, 1.82) is 0 Å². The molecule has 3 N–H and O–H groups in total. The third kappa shape index (κ3) is 5.66. The van der Waals surface area contributed by atoms with Gasteiger partial charge in [-0.25, -0.2) is 9.67 Å². The molecule has 0 aliphatic rings. The minimum absolute atomic E-state index is 0.0211. The summed E-state index contributed by atoms with van der Waals surface area (Å²) in [6.07, 6.45) is 5.43. The zero-order chi connectivity index (χ0) is 24.8. The van der Waals surface area contributed by atoms with Crippen LogP contribution in [0.2, 0.25) is 5.02 Å². The van der Waals surface area contributed by atoms with Gasteiger partial charge in [0, 0.05) is 18.5 Å². The molecule has 180 valence electrons. The normalized spacial score (nSPS) is 11.3. The van der Waals surface area contributed by atoms with E-state index in [0.29, 0.717) is 16.1 Å². The van der Waals surface area contributed by atoms with Gasteiger partial charge in [0.05, 0.1) is 29.4 Å². The molecule has 0 radical (unpaired) electrons. The summed E-state index contributed by atoms with van der Waals surface area (Å²) in [4.78, 5) is 24.4. The van der Waals surface area contributed by atoms with Crippen molar-refractivity contribution in [3.05, 3.63) is 89.6 Å². The second-order valence-electron chi connectivity index (χ2n) is 7.36. The summed E-state index contributed by atoms with van der Waals surface area (Å²) in [5.41, 5.74) is 0.792. The van der Waals surface area contributed by atoms with E-state index in [0.717, 1.165) is 0 Å². The molecule has 0 fully saturated rings. The third-order valence-corrected chi connectivity index (χ3v) is 5.34. The second kappa shape index (κ2) is 10.4. The van der Waals surface area contributed by atoms with Gasteiger partial charge in [-0.05, 0) is 35.1 Å². The van der Waals surface area contributed by atoms with Gasteiger partial charge in [-0.3, -0.25) is 20.1 Å². The van der Waals surface area contributed by atoms with E-state index in [-0.39, 0.29) is 29.5 Å². The smallest absolute Gasteiger partial charge is 0.325 e. The minimum atomic E-state index is -3.30. The lowest BCUT2D eigenvalue weighted by atomic mass is 10.2. The summed E-state index contributed by atoms with van der Waals surface area (Å²) < 4.78 is 31.0. The maximum atomic E-state index is 14.4. The fourth-order valence-corrected chi connectivity index (χ4v) is 3.44. The van der Waals surface area contributed by atoms with Gasteiger partial charge in [0.15, 0.2) is 12.2 Å². The van der Waals surface area contributed by atoms with Gasteiger partial charge in [-0.15, -0.1) is 0 Å². The Balaban J connectivity index is 1.43. The number of hydrogen-bond donors (Lipinski definition) is 3. The number of pyridine rings is 3. The third-order valence-electron chi connectivity index (χ3n) is 4.99. The molecule has 0 spiro atoms. The van der Waals surface area contributed by atoms with Gasteiger partial charge in [0.2, 0.25) is 5.91 Å². The van der Waals surface area contributed by atoms with Crippen molar-refractivity contribution in [2.45, 2.75) is 18.9 Å². The highest BCUT2D eigenvalue weighted by atomic mass is 35.5. The van der Waals surface area contributed by atoms with Crippen LogP contribution in [0, 0.1) is 0 Å². The van der Waals surface area contributed by atoms with E-state index in [1.807, 2.05) is 0 Å². The number of carbonyl (C=O) groups excluding carboxylic acids is 1. The number of alkyl halides is 2. The second-order valence-corrected chi connectivity index (χ2v) is 7.77. The Bertz CT molecular complexity index is 1310. The molecule has 0 aromatic carbocycles. The molecule has 4 rings (SSSR count). The van der Waals surface area contributed by atoms with Gasteiger partial charge >= 0.3 is 11.7 Å². The predicted octanol–water partition coefficient (Wildman–Crippen LogP) is 2.30. The quantitative estimate of drug-likeness (QED) is 0.237. The standard InChI is InChI=1S/C22H19ClF2N8O2/c23-15-6-7-20(30-12-22(24,25)19-5-1-2-8-28-19)33(35)18(15)10-21(34)29-11-16-17(4-3-9-27-16)32-14-26-13-31-32/h1-9,13-14,35H,10-12H2,(H,29,34)/p+1. The molecule has 0 saturated carbocycles. The molecule has 0 aliphatic carbocycles. The van der Waals surface area contributed by atoms with Crippen molar-refractivity contribution in [2.24, 2.45) is 0 Å². The monoisotopic (exact) mass is 501 g/mol. The summed E-state index contributed by atoms with van der Waals surface area (Å²) in [7, 11) is 0. The van der Waals surface area contributed by atoms with E-state index in [2.05, 4.69) is 30.7 Å². The van der Waals surface area contributed by atoms with Crippen molar-refractivity contribution in [3.8, 4) is 5.69 Å². The Morgan fingerprint density at radius 1 is 1.14 bits per heavy atom. The predicted molar refractivity (Wildman–Crippen MR) is 120 cm³/mol. The van der Waals surface area contributed by atoms with Gasteiger partial charge < -0.3 is 10.5 Å². The van der Waals surface area contributed by atoms with Gasteiger partial charge in [-0.2, -0.15) is 13.9 Å². The lowest BCUT2D eigenvalue weighted by molar-refractivity contribution is -0.898. The number of nitrogens with one attached hydrogen (secondary N) is 2. The number of anilines is 1. The van der Waals surface area contributed by atoms with Crippen LogP contribution in [0.4, 0.5) is 14.6 Å². The molecular weight excluding hydrogens is 482 g/mol. The summed E-state index contributed by atoms with van der Waals surface area (Å²) in [6.45, 7) is -0.755. The lowest BCUT2D eigenvalue weighted by Crippen LogP contribution is -2.42. The number of amides is 1. The molecule has 0 unspecified atom stereocenters. The van der Waals surface area contributed by atoms with Crippen molar-refractivity contribution in [1.82, 2.24) is 30.0 Å². The number of nitrogens with zero attached hydrogens (tertiary/aromatic N) is 6. The first-order valence-corrected chi connectivity index (χ1v) is 10.7. The Morgan fingerprint density at radius 3 is 2.71 bits per heavy atom. The molecule has 0 atom stereocenters. The highest BCUT2D eigenvalue weighted by Gasteiger charge is 2.36. The van der Waals surface area contributed by atoms with Crippen LogP contribution in [0.3, 0.4) is 0 Å². The molecule has 35 heavy (non-hydrogen) atoms. The zero-order valence-electron chi connectivity index (χ0n) is 18.1. The first-order valence-electron chi connectivity index (χ1n) is 10.4. The zero-order valence-corrected chi connectivity index (χ0v) is 18.9. The van der Waals surface area contributed by atoms with Gasteiger partial charge in [-0.1, -0.05) is 17.7 Å². The van der Waals surface area contributed by atoms with Crippen LogP contribution in [-0.4, -0.2) is 42.4 Å². The molecular formula is C22H20ClF2N8O2+. The first kappa shape index (κ1) is 24.0. The molecule has 1 amide bonds. The van der Waals surface area contributed by atoms with Crippen molar-refractivity contribution in [2.75, 3.05) is 11.9 Å². The van der Waals surface area contributed by atoms with Crippen LogP contribution < -0.4 is 15.4 Å². The summed E-state index contributed by atoms with van der Waals surface area (Å²) in [5, 5.41) is 19.9. The van der Waals surface area contributed by atoms with E-state index < -0.39 is 24.1 Å². The maximum Gasteiger partial charge on any atom is 0.325 e. The number of hydrogen-bond acceptors (Lipinski definition) is 7. The van der Waals surface area contributed by atoms with Gasteiger partial charge in [0.1, 0.15) is 18.3 Å². The van der Waals surface area contributed by atoms with Crippen molar-refractivity contribution in [3.63, 3.8) is 0 Å². The highest BCUT2D eigenvalue weighted by molar-refractivity contribution is 6.31. The largest absolute Gasteiger partial charge is 0.350 e. The minimum Gasteiger partial charge on any atom is -0.350 e. The van der Waals surface area contributed by atoms with Crippen LogP contribution >= 0.6 is 11.6 Å². The Labute approximate surface area is 203 Å². The lowest BCUT2D eigenvalue weighted by Gasteiger charge is -2.14. The average molecular weight is 502 g/mol. The maximum absolute atomic E-state index is 14.4. The van der Waals surface area contributed by atoms with E-state index in [9.17, 15) is 18.8 Å². The Hall–Kier alpha value is -4.19. The number of rotatable bonds is 9. The fourth-order valence-electron chi connectivity index (χ4n) is 3.23. The number of carbonyl (C=O) groups is 1. The molecule has 4 aromatic rings. The molecule has 4 heterocycles. The van der Waals surface area contributed by atoms with Crippen LogP contribution in [-0.2, 0) is 23.7 Å². The topological polar surface area (TPSA) is 122 Å². The number of halogens is 3. The van der Waals surface area contributed by atoms with Crippen molar-refractivity contribution >= 4 is 23.3 Å². The fraction of sp³-hybridized carbons (Fsp3) is 0.182. The molecule has 4 aromatic heterocycles. The van der Waals surface area contributed by atoms with Crippen LogP contribution in [0.5, 0.6) is 0 Å². The summed E-state index contributed by atoms with van der Waals surface area (Å²) in [6, 6.07) is 10.4. The van der Waals surface area contributed by atoms with Crippen LogP contribution in [0.25, 0.3) is 5.69 Å². The SMILES string of the molecule is O=C(Cc1c(Cl)ccc(NCC(F)(F)c2ccccn2)[n+]1O)NCc1ncccc1-n1cncn1.